The Labute approximate surface area is 207 Å². The second kappa shape index (κ2) is 12.4. The molecule has 0 bridgehead atoms. The maximum absolute atomic E-state index is 13.5. The summed E-state index contributed by atoms with van der Waals surface area (Å²) in [5.74, 6) is 1.11. The van der Waals surface area contributed by atoms with Crippen molar-refractivity contribution in [3.05, 3.63) is 36.2 Å². The molecule has 2 saturated carbocycles. The molecule has 2 aromatic rings. The number of para-hydroxylation sites is 1. The maximum Gasteiger partial charge on any atom is 0.233 e. The van der Waals surface area contributed by atoms with Gasteiger partial charge in [0, 0.05) is 24.3 Å². The van der Waals surface area contributed by atoms with Gasteiger partial charge in [0.1, 0.15) is 5.82 Å². The molecule has 1 N–H and O–H groups in total. The minimum Gasteiger partial charge on any atom is -0.336 e. The highest BCUT2D eigenvalue weighted by atomic mass is 32.2. The first-order chi connectivity index (χ1) is 16.7. The number of carbonyl (C=O) groups is 2. The molecule has 2 fully saturated rings. The van der Waals surface area contributed by atoms with Gasteiger partial charge in [-0.1, -0.05) is 68.5 Å². The van der Waals surface area contributed by atoms with Gasteiger partial charge in [-0.2, -0.15) is 0 Å². The summed E-state index contributed by atoms with van der Waals surface area (Å²) in [6.45, 7) is 2.68. The average Bonchev–Trinajstić information content (AvgIpc) is 3.26. The Balaban J connectivity index is 1.39. The van der Waals surface area contributed by atoms with Crippen LogP contribution in [0.3, 0.4) is 0 Å². The van der Waals surface area contributed by atoms with E-state index in [2.05, 4.69) is 20.4 Å². The number of hydrogen-bond acceptors (Lipinski definition) is 5. The first-order valence-corrected chi connectivity index (χ1v) is 13.8. The van der Waals surface area contributed by atoms with E-state index >= 15 is 0 Å². The molecule has 2 aliphatic carbocycles. The summed E-state index contributed by atoms with van der Waals surface area (Å²) in [5, 5.41) is 12.2. The topological polar surface area (TPSA) is 80.1 Å². The van der Waals surface area contributed by atoms with Gasteiger partial charge in [-0.05, 0) is 44.7 Å². The number of rotatable bonds is 9. The highest BCUT2D eigenvalue weighted by molar-refractivity contribution is 7.99. The molecule has 7 nitrogen and oxygen atoms in total. The van der Waals surface area contributed by atoms with Crippen molar-refractivity contribution >= 4 is 29.3 Å². The molecule has 1 aromatic heterocycles. The lowest BCUT2D eigenvalue weighted by atomic mass is 9.88. The molecule has 0 aliphatic heterocycles. The van der Waals surface area contributed by atoms with Crippen molar-refractivity contribution in [1.82, 2.24) is 19.7 Å². The highest BCUT2D eigenvalue weighted by Crippen LogP contribution is 2.31. The van der Waals surface area contributed by atoms with Crippen LogP contribution in [0.4, 0.5) is 5.69 Å². The van der Waals surface area contributed by atoms with Crippen molar-refractivity contribution in [1.29, 1.82) is 0 Å². The van der Waals surface area contributed by atoms with Crippen molar-refractivity contribution < 1.29 is 9.59 Å². The van der Waals surface area contributed by atoms with Crippen LogP contribution in [0, 0.1) is 0 Å². The van der Waals surface area contributed by atoms with Crippen LogP contribution in [-0.4, -0.2) is 49.3 Å². The standard InChI is InChI=1S/C26H37N5O2S/c1-2-30-23(18-24(32)27-20-12-6-3-7-13-20)28-29-26(30)34-19-25(33)31(21-14-8-4-9-15-21)22-16-10-5-11-17-22/h3,6-7,12-13,21-22H,2,4-5,8-11,14-19H2,1H3,(H,27,32). The minimum atomic E-state index is -0.123. The second-order valence-corrected chi connectivity index (χ2v) is 10.3. The molecule has 0 spiro atoms. The van der Waals surface area contributed by atoms with Crippen molar-refractivity contribution in [2.24, 2.45) is 0 Å². The fraction of sp³-hybridized carbons (Fsp3) is 0.615. The number of anilines is 1. The van der Waals surface area contributed by atoms with Crippen molar-refractivity contribution in [3.63, 3.8) is 0 Å². The molecule has 2 amide bonds. The van der Waals surface area contributed by atoms with Crippen LogP contribution in [0.1, 0.15) is 77.0 Å². The summed E-state index contributed by atoms with van der Waals surface area (Å²) in [6, 6.07) is 10.2. The van der Waals surface area contributed by atoms with E-state index in [1.165, 1.54) is 50.3 Å². The molecule has 2 aliphatic rings. The zero-order valence-corrected chi connectivity index (χ0v) is 21.1. The summed E-state index contributed by atoms with van der Waals surface area (Å²) in [4.78, 5) is 28.2. The third kappa shape index (κ3) is 6.40. The lowest BCUT2D eigenvalue weighted by molar-refractivity contribution is -0.135. The van der Waals surface area contributed by atoms with E-state index in [0.717, 1.165) is 31.4 Å². The highest BCUT2D eigenvalue weighted by Gasteiger charge is 2.32. The van der Waals surface area contributed by atoms with E-state index in [9.17, 15) is 9.59 Å². The summed E-state index contributed by atoms with van der Waals surface area (Å²) in [6.07, 6.45) is 12.2. The SMILES string of the molecule is CCn1c(CC(=O)Nc2ccccc2)nnc1SCC(=O)N(C1CCCCC1)C1CCCCC1. The van der Waals surface area contributed by atoms with Gasteiger partial charge in [0.05, 0.1) is 12.2 Å². The molecule has 1 heterocycles. The van der Waals surface area contributed by atoms with Gasteiger partial charge < -0.3 is 14.8 Å². The molecular formula is C26H37N5O2S. The zero-order chi connectivity index (χ0) is 23.8. The molecular weight excluding hydrogens is 446 g/mol. The van der Waals surface area contributed by atoms with E-state index < -0.39 is 0 Å². The normalized spacial score (nSPS) is 17.4. The van der Waals surface area contributed by atoms with Crippen LogP contribution in [0.5, 0.6) is 0 Å². The second-order valence-electron chi connectivity index (χ2n) is 9.41. The van der Waals surface area contributed by atoms with Gasteiger partial charge in [0.2, 0.25) is 11.8 Å². The predicted octanol–water partition coefficient (Wildman–Crippen LogP) is 5.07. The number of carbonyl (C=O) groups excluding carboxylic acids is 2. The first-order valence-electron chi connectivity index (χ1n) is 12.9. The van der Waals surface area contributed by atoms with Crippen LogP contribution in [-0.2, 0) is 22.6 Å². The smallest absolute Gasteiger partial charge is 0.233 e. The predicted molar refractivity (Wildman–Crippen MR) is 136 cm³/mol. The fourth-order valence-corrected chi connectivity index (χ4v) is 6.26. The molecule has 8 heteroatoms. The third-order valence-electron chi connectivity index (χ3n) is 7.03. The zero-order valence-electron chi connectivity index (χ0n) is 20.2. The Morgan fingerprint density at radius 3 is 2.18 bits per heavy atom. The molecule has 0 radical (unpaired) electrons. The maximum atomic E-state index is 13.5. The van der Waals surface area contributed by atoms with E-state index in [0.29, 0.717) is 35.4 Å². The lowest BCUT2D eigenvalue weighted by Crippen LogP contribution is -2.49. The summed E-state index contributed by atoms with van der Waals surface area (Å²) >= 11 is 1.45. The van der Waals surface area contributed by atoms with Gasteiger partial charge in [-0.3, -0.25) is 9.59 Å². The molecule has 1 aromatic carbocycles. The van der Waals surface area contributed by atoms with Crippen molar-refractivity contribution in [3.8, 4) is 0 Å². The number of nitrogens with one attached hydrogen (secondary N) is 1. The van der Waals surface area contributed by atoms with Crippen molar-refractivity contribution in [2.45, 2.75) is 101 Å². The van der Waals surface area contributed by atoms with Gasteiger partial charge in [-0.15, -0.1) is 10.2 Å². The number of thioether (sulfide) groups is 1. The van der Waals surface area contributed by atoms with Crippen LogP contribution >= 0.6 is 11.8 Å². The van der Waals surface area contributed by atoms with Crippen LogP contribution in [0.2, 0.25) is 0 Å². The van der Waals surface area contributed by atoms with Gasteiger partial charge in [-0.25, -0.2) is 0 Å². The number of benzene rings is 1. The fourth-order valence-electron chi connectivity index (χ4n) is 5.37. The van der Waals surface area contributed by atoms with E-state index in [4.69, 9.17) is 0 Å². The molecule has 4 rings (SSSR count). The quantitative estimate of drug-likeness (QED) is 0.504. The van der Waals surface area contributed by atoms with E-state index in [1.54, 1.807) is 0 Å². The number of amides is 2. The Morgan fingerprint density at radius 2 is 1.59 bits per heavy atom. The number of nitrogens with zero attached hydrogens (tertiary/aromatic N) is 4. The Kier molecular flexibility index (Phi) is 9.02. The Morgan fingerprint density at radius 1 is 0.971 bits per heavy atom. The lowest BCUT2D eigenvalue weighted by Gasteiger charge is -2.41. The summed E-state index contributed by atoms with van der Waals surface area (Å²) < 4.78 is 1.95. The molecule has 0 saturated heterocycles. The molecule has 0 atom stereocenters. The molecule has 184 valence electrons. The Bertz CT molecular complexity index is 918. The van der Waals surface area contributed by atoms with Crippen LogP contribution in [0.25, 0.3) is 0 Å². The molecule has 0 unspecified atom stereocenters. The monoisotopic (exact) mass is 483 g/mol. The largest absolute Gasteiger partial charge is 0.336 e. The summed E-state index contributed by atoms with van der Waals surface area (Å²) in [7, 11) is 0. The van der Waals surface area contributed by atoms with Crippen LogP contribution in [0.15, 0.2) is 35.5 Å². The van der Waals surface area contributed by atoms with Gasteiger partial charge in [0.15, 0.2) is 5.16 Å². The van der Waals surface area contributed by atoms with E-state index in [-0.39, 0.29) is 18.2 Å². The number of hydrogen-bond donors (Lipinski definition) is 1. The number of aromatic nitrogens is 3. The van der Waals surface area contributed by atoms with E-state index in [1.807, 2.05) is 41.8 Å². The third-order valence-corrected chi connectivity index (χ3v) is 7.99. The first kappa shape index (κ1) is 24.8. The average molecular weight is 484 g/mol. The van der Waals surface area contributed by atoms with Gasteiger partial charge >= 0.3 is 0 Å². The van der Waals surface area contributed by atoms with Crippen molar-refractivity contribution in [2.75, 3.05) is 11.1 Å². The van der Waals surface area contributed by atoms with Crippen LogP contribution < -0.4 is 5.32 Å². The summed E-state index contributed by atoms with van der Waals surface area (Å²) in [5.41, 5.74) is 0.765. The Hall–Kier alpha value is -2.35. The molecule has 34 heavy (non-hydrogen) atoms. The minimum absolute atomic E-state index is 0.123. The van der Waals surface area contributed by atoms with Gasteiger partial charge in [0.25, 0.3) is 0 Å².